The van der Waals surface area contributed by atoms with Gasteiger partial charge in [0.1, 0.15) is 28.1 Å². The van der Waals surface area contributed by atoms with Crippen LogP contribution in [-0.2, 0) is 4.74 Å². The molecule has 0 aliphatic rings. The molecule has 0 spiro atoms. The lowest BCUT2D eigenvalue weighted by molar-refractivity contribution is 0.0600. The largest absolute Gasteiger partial charge is 0.465 e. The number of carbonyl (C=O) groups excluding carboxylic acids is 1. The quantitative estimate of drug-likeness (QED) is 0.435. The van der Waals surface area contributed by atoms with Gasteiger partial charge in [-0.05, 0) is 29.8 Å². The van der Waals surface area contributed by atoms with Crippen LogP contribution in [-0.4, -0.2) is 22.5 Å². The number of hydrogen-bond acceptors (Lipinski definition) is 3. The highest BCUT2D eigenvalue weighted by Gasteiger charge is 2.19. The Morgan fingerprint density at radius 1 is 1.04 bits per heavy atom. The zero-order chi connectivity index (χ0) is 19.8. The zero-order valence-corrected chi connectivity index (χ0v) is 15.4. The van der Waals surface area contributed by atoms with Crippen molar-refractivity contribution >= 4 is 23.2 Å². The molecule has 2 aromatic heterocycles. The minimum absolute atomic E-state index is 0.236. The van der Waals surface area contributed by atoms with E-state index >= 15 is 0 Å². The van der Waals surface area contributed by atoms with Gasteiger partial charge in [-0.15, -0.1) is 0 Å². The van der Waals surface area contributed by atoms with Crippen molar-refractivity contribution in [1.29, 1.82) is 0 Å². The molecule has 0 amide bonds. The third-order valence-corrected chi connectivity index (χ3v) is 4.75. The van der Waals surface area contributed by atoms with Gasteiger partial charge in [0.2, 0.25) is 0 Å². The van der Waals surface area contributed by atoms with Crippen LogP contribution in [0, 0.1) is 11.6 Å². The van der Waals surface area contributed by atoms with Crippen molar-refractivity contribution in [3.63, 3.8) is 0 Å². The lowest BCUT2D eigenvalue weighted by Gasteiger charge is -2.09. The predicted molar refractivity (Wildman–Crippen MR) is 102 cm³/mol. The summed E-state index contributed by atoms with van der Waals surface area (Å²) in [7, 11) is 1.30. The number of halogens is 3. The standard InChI is InChI=1S/C21H13ClF2N2O2/c1-28-21(27)12-8-9-26-18(10-12)25-19(20(26)22)16-5-3-2-4-14(16)15-7-6-13(23)11-17(15)24/h2-11H,1H3. The third-order valence-electron chi connectivity index (χ3n) is 4.39. The van der Waals surface area contributed by atoms with Gasteiger partial charge in [0.05, 0.1) is 12.7 Å². The van der Waals surface area contributed by atoms with Crippen LogP contribution in [0.4, 0.5) is 8.78 Å². The monoisotopic (exact) mass is 398 g/mol. The van der Waals surface area contributed by atoms with Gasteiger partial charge >= 0.3 is 5.97 Å². The highest BCUT2D eigenvalue weighted by molar-refractivity contribution is 6.32. The van der Waals surface area contributed by atoms with Crippen molar-refractivity contribution in [3.05, 3.63) is 83.1 Å². The molecule has 140 valence electrons. The summed E-state index contributed by atoms with van der Waals surface area (Å²) in [6.45, 7) is 0. The summed E-state index contributed by atoms with van der Waals surface area (Å²) in [5.74, 6) is -1.82. The molecule has 0 N–H and O–H groups in total. The van der Waals surface area contributed by atoms with Gasteiger partial charge < -0.3 is 4.74 Å². The van der Waals surface area contributed by atoms with Crippen LogP contribution in [0.25, 0.3) is 28.0 Å². The maximum atomic E-state index is 14.4. The van der Waals surface area contributed by atoms with Crippen molar-refractivity contribution in [3.8, 4) is 22.4 Å². The van der Waals surface area contributed by atoms with Gasteiger partial charge in [-0.25, -0.2) is 18.6 Å². The molecule has 0 bridgehead atoms. The Kier molecular flexibility index (Phi) is 4.57. The molecule has 0 radical (unpaired) electrons. The number of rotatable bonds is 3. The number of pyridine rings is 1. The molecule has 7 heteroatoms. The van der Waals surface area contributed by atoms with E-state index in [-0.39, 0.29) is 5.56 Å². The maximum Gasteiger partial charge on any atom is 0.338 e. The highest BCUT2D eigenvalue weighted by atomic mass is 35.5. The molecule has 0 atom stereocenters. The number of ether oxygens (including phenoxy) is 1. The molecule has 0 unspecified atom stereocenters. The molecule has 0 saturated heterocycles. The smallest absolute Gasteiger partial charge is 0.338 e. The van der Waals surface area contributed by atoms with E-state index in [2.05, 4.69) is 4.98 Å². The summed E-state index contributed by atoms with van der Waals surface area (Å²) < 4.78 is 34.0. The van der Waals surface area contributed by atoms with E-state index in [9.17, 15) is 13.6 Å². The minimum Gasteiger partial charge on any atom is -0.465 e. The second kappa shape index (κ2) is 7.05. The molecule has 2 aromatic carbocycles. The Hall–Kier alpha value is -3.25. The van der Waals surface area contributed by atoms with Gasteiger partial charge in [-0.3, -0.25) is 4.40 Å². The second-order valence-electron chi connectivity index (χ2n) is 6.06. The number of nitrogens with zero attached hydrogens (tertiary/aromatic N) is 2. The summed E-state index contributed by atoms with van der Waals surface area (Å²) in [5.41, 5.74) is 2.54. The number of imidazole rings is 1. The van der Waals surface area contributed by atoms with E-state index < -0.39 is 17.6 Å². The summed E-state index contributed by atoms with van der Waals surface area (Å²) in [5, 5.41) is 0.307. The van der Waals surface area contributed by atoms with Gasteiger partial charge in [-0.1, -0.05) is 35.9 Å². The Labute approximate surface area is 164 Å². The van der Waals surface area contributed by atoms with Crippen LogP contribution in [0.3, 0.4) is 0 Å². The second-order valence-corrected chi connectivity index (χ2v) is 6.41. The Bertz CT molecular complexity index is 1220. The van der Waals surface area contributed by atoms with E-state index in [1.165, 1.54) is 19.2 Å². The van der Waals surface area contributed by atoms with Crippen molar-refractivity contribution in [2.45, 2.75) is 0 Å². The van der Waals surface area contributed by atoms with Crippen molar-refractivity contribution in [1.82, 2.24) is 9.38 Å². The van der Waals surface area contributed by atoms with Gasteiger partial charge in [0, 0.05) is 23.4 Å². The van der Waals surface area contributed by atoms with Crippen LogP contribution in [0.2, 0.25) is 5.15 Å². The van der Waals surface area contributed by atoms with Crippen molar-refractivity contribution in [2.75, 3.05) is 7.11 Å². The number of esters is 1. The molecule has 0 saturated carbocycles. The average Bonchev–Trinajstić information content (AvgIpc) is 3.03. The lowest BCUT2D eigenvalue weighted by atomic mass is 9.97. The first kappa shape index (κ1) is 18.1. The number of hydrogen-bond donors (Lipinski definition) is 0. The molecule has 4 aromatic rings. The van der Waals surface area contributed by atoms with Crippen molar-refractivity contribution < 1.29 is 18.3 Å². The fraction of sp³-hybridized carbons (Fsp3) is 0.0476. The van der Waals surface area contributed by atoms with Crippen LogP contribution >= 0.6 is 11.6 Å². The molecule has 28 heavy (non-hydrogen) atoms. The summed E-state index contributed by atoms with van der Waals surface area (Å²) in [6.07, 6.45) is 1.61. The van der Waals surface area contributed by atoms with Gasteiger partial charge in [0.15, 0.2) is 0 Å². The van der Waals surface area contributed by atoms with Crippen LogP contribution < -0.4 is 0 Å². The first-order valence-electron chi connectivity index (χ1n) is 8.30. The Morgan fingerprint density at radius 3 is 2.50 bits per heavy atom. The number of fused-ring (bicyclic) bond motifs is 1. The Morgan fingerprint density at radius 2 is 1.79 bits per heavy atom. The third kappa shape index (κ3) is 3.01. The van der Waals surface area contributed by atoms with E-state index in [0.717, 1.165) is 6.07 Å². The summed E-state index contributed by atoms with van der Waals surface area (Å²) in [6, 6.07) is 13.5. The Balaban J connectivity index is 1.91. The number of benzene rings is 2. The zero-order valence-electron chi connectivity index (χ0n) is 14.6. The molecule has 0 fully saturated rings. The van der Waals surface area contributed by atoms with E-state index in [4.69, 9.17) is 16.3 Å². The van der Waals surface area contributed by atoms with Crippen LogP contribution in [0.5, 0.6) is 0 Å². The topological polar surface area (TPSA) is 43.6 Å². The van der Waals surface area contributed by atoms with E-state index in [0.29, 0.717) is 33.2 Å². The highest BCUT2D eigenvalue weighted by Crippen LogP contribution is 2.37. The molecule has 0 aliphatic carbocycles. The van der Waals surface area contributed by atoms with Gasteiger partial charge in [0.25, 0.3) is 0 Å². The number of carbonyl (C=O) groups is 1. The molecule has 4 rings (SSSR count). The fourth-order valence-electron chi connectivity index (χ4n) is 3.06. The number of methoxy groups -OCH3 is 1. The SMILES string of the molecule is COC(=O)c1ccn2c(Cl)c(-c3ccccc3-c3ccc(F)cc3F)nc2c1. The van der Waals surface area contributed by atoms with Crippen LogP contribution in [0.1, 0.15) is 10.4 Å². The molecule has 4 nitrogen and oxygen atoms in total. The fourth-order valence-corrected chi connectivity index (χ4v) is 3.35. The minimum atomic E-state index is -0.680. The molecule has 0 aliphatic heterocycles. The first-order chi connectivity index (χ1) is 13.5. The normalized spacial score (nSPS) is 11.0. The molecular weight excluding hydrogens is 386 g/mol. The predicted octanol–water partition coefficient (Wildman–Crippen LogP) is 5.39. The van der Waals surface area contributed by atoms with Crippen molar-refractivity contribution in [2.24, 2.45) is 0 Å². The molecule has 2 heterocycles. The molecular formula is C21H13ClF2N2O2. The van der Waals surface area contributed by atoms with Gasteiger partial charge in [-0.2, -0.15) is 0 Å². The maximum absolute atomic E-state index is 14.4. The van der Waals surface area contributed by atoms with E-state index in [1.54, 1.807) is 47.0 Å². The summed E-state index contributed by atoms with van der Waals surface area (Å²) in [4.78, 5) is 16.3. The average molecular weight is 399 g/mol. The lowest BCUT2D eigenvalue weighted by Crippen LogP contribution is -2.01. The first-order valence-corrected chi connectivity index (χ1v) is 8.68. The van der Waals surface area contributed by atoms with Crippen LogP contribution in [0.15, 0.2) is 60.8 Å². The van der Waals surface area contributed by atoms with E-state index in [1.807, 2.05) is 0 Å². The number of aromatic nitrogens is 2. The summed E-state index contributed by atoms with van der Waals surface area (Å²) >= 11 is 6.51.